The first-order chi connectivity index (χ1) is 6.86. The zero-order chi connectivity index (χ0) is 9.60. The van der Waals surface area contributed by atoms with Gasteiger partial charge in [0.15, 0.2) is 0 Å². The molecule has 0 heterocycles. The summed E-state index contributed by atoms with van der Waals surface area (Å²) in [4.78, 5) is 0. The second kappa shape index (κ2) is 2.64. The highest BCUT2D eigenvalue weighted by atomic mass is 14.5. The van der Waals surface area contributed by atoms with Gasteiger partial charge in [-0.05, 0) is 36.8 Å². The van der Waals surface area contributed by atoms with Crippen molar-refractivity contribution in [3.05, 3.63) is 35.4 Å². The smallest absolute Gasteiger partial charge is 0.0381 e. The van der Waals surface area contributed by atoms with E-state index in [2.05, 4.69) is 30.2 Å². The average Bonchev–Trinajstić information content (AvgIpc) is 2.91. The van der Waals surface area contributed by atoms with Crippen molar-refractivity contribution >= 4 is 0 Å². The van der Waals surface area contributed by atoms with Crippen LogP contribution in [0.2, 0.25) is 0 Å². The van der Waals surface area contributed by atoms with Crippen LogP contribution >= 0.6 is 0 Å². The molecule has 1 aromatic carbocycles. The first kappa shape index (κ1) is 8.12. The van der Waals surface area contributed by atoms with Crippen molar-refractivity contribution < 1.29 is 0 Å². The van der Waals surface area contributed by atoms with Crippen molar-refractivity contribution in [3.63, 3.8) is 0 Å². The van der Waals surface area contributed by atoms with Crippen LogP contribution in [0.3, 0.4) is 0 Å². The van der Waals surface area contributed by atoms with Gasteiger partial charge in [0, 0.05) is 11.3 Å². The van der Waals surface area contributed by atoms with E-state index < -0.39 is 0 Å². The van der Waals surface area contributed by atoms with Crippen LogP contribution < -0.4 is 0 Å². The lowest BCUT2D eigenvalue weighted by atomic mass is 9.85. The maximum absolute atomic E-state index is 5.66. The summed E-state index contributed by atoms with van der Waals surface area (Å²) in [5.41, 5.74) is 3.30. The number of rotatable bonds is 1. The van der Waals surface area contributed by atoms with Crippen LogP contribution in [-0.4, -0.2) is 0 Å². The van der Waals surface area contributed by atoms with Gasteiger partial charge in [-0.1, -0.05) is 30.2 Å². The largest absolute Gasteiger partial charge is 0.119 e. The number of aryl methyl sites for hydroxylation is 1. The molecule has 1 fully saturated rings. The highest BCUT2D eigenvalue weighted by Gasteiger charge is 2.50. The van der Waals surface area contributed by atoms with Gasteiger partial charge >= 0.3 is 0 Å². The standard InChI is InChI=1S/C14H14/c1-2-14(9-10-14)13-8-7-11-5-3-4-6-12(11)13/h1,3-6,13H,7-10H2. The fourth-order valence-corrected chi connectivity index (χ4v) is 2.86. The summed E-state index contributed by atoms with van der Waals surface area (Å²) in [6.45, 7) is 0. The van der Waals surface area contributed by atoms with Gasteiger partial charge in [0.1, 0.15) is 0 Å². The summed E-state index contributed by atoms with van der Waals surface area (Å²) in [5.74, 6) is 3.69. The van der Waals surface area contributed by atoms with Crippen LogP contribution in [0.4, 0.5) is 0 Å². The van der Waals surface area contributed by atoms with Crippen LogP contribution in [0.1, 0.15) is 36.3 Å². The van der Waals surface area contributed by atoms with Crippen LogP contribution in [0.25, 0.3) is 0 Å². The number of terminal acetylenes is 1. The molecule has 0 heteroatoms. The van der Waals surface area contributed by atoms with Gasteiger partial charge in [0.2, 0.25) is 0 Å². The molecule has 0 radical (unpaired) electrons. The Morgan fingerprint density at radius 3 is 2.79 bits per heavy atom. The highest BCUT2D eigenvalue weighted by Crippen LogP contribution is 2.59. The van der Waals surface area contributed by atoms with Crippen LogP contribution in [0.15, 0.2) is 24.3 Å². The molecule has 0 aliphatic heterocycles. The maximum Gasteiger partial charge on any atom is 0.0381 e. The van der Waals surface area contributed by atoms with Crippen molar-refractivity contribution in [1.29, 1.82) is 0 Å². The van der Waals surface area contributed by atoms with Crippen molar-refractivity contribution in [2.45, 2.75) is 31.6 Å². The third kappa shape index (κ3) is 0.960. The van der Waals surface area contributed by atoms with Gasteiger partial charge in [-0.3, -0.25) is 0 Å². The van der Waals surface area contributed by atoms with E-state index in [0.717, 1.165) is 0 Å². The monoisotopic (exact) mass is 182 g/mol. The molecule has 0 N–H and O–H groups in total. The van der Waals surface area contributed by atoms with Gasteiger partial charge in [-0.2, -0.15) is 0 Å². The molecule has 2 aliphatic carbocycles. The Balaban J connectivity index is 2.03. The average molecular weight is 182 g/mol. The van der Waals surface area contributed by atoms with Gasteiger partial charge in [0.25, 0.3) is 0 Å². The topological polar surface area (TPSA) is 0 Å². The molecule has 0 saturated heterocycles. The first-order valence-corrected chi connectivity index (χ1v) is 5.41. The first-order valence-electron chi connectivity index (χ1n) is 5.41. The Kier molecular flexibility index (Phi) is 1.53. The van der Waals surface area contributed by atoms with E-state index in [1.807, 2.05) is 0 Å². The van der Waals surface area contributed by atoms with Gasteiger partial charge in [0.05, 0.1) is 0 Å². The number of hydrogen-bond acceptors (Lipinski definition) is 0. The normalized spacial score (nSPS) is 26.6. The molecule has 1 saturated carbocycles. The molecule has 3 rings (SSSR count). The van der Waals surface area contributed by atoms with E-state index in [4.69, 9.17) is 6.42 Å². The fourth-order valence-electron chi connectivity index (χ4n) is 2.86. The van der Waals surface area contributed by atoms with Crippen molar-refractivity contribution in [3.8, 4) is 12.3 Å². The minimum atomic E-state index is 0.243. The molecule has 1 atom stereocenters. The third-order valence-electron chi connectivity index (χ3n) is 3.88. The fraction of sp³-hybridized carbons (Fsp3) is 0.429. The van der Waals surface area contributed by atoms with E-state index >= 15 is 0 Å². The molecule has 1 aromatic rings. The Morgan fingerprint density at radius 1 is 1.29 bits per heavy atom. The molecular weight excluding hydrogens is 168 g/mol. The van der Waals surface area contributed by atoms with E-state index in [9.17, 15) is 0 Å². The molecule has 0 spiro atoms. The summed E-state index contributed by atoms with van der Waals surface area (Å²) in [7, 11) is 0. The van der Waals surface area contributed by atoms with Gasteiger partial charge in [-0.15, -0.1) is 6.42 Å². The predicted molar refractivity (Wildman–Crippen MR) is 58.0 cm³/mol. The minimum Gasteiger partial charge on any atom is -0.119 e. The minimum absolute atomic E-state index is 0.243. The number of benzene rings is 1. The highest BCUT2D eigenvalue weighted by molar-refractivity contribution is 5.40. The van der Waals surface area contributed by atoms with E-state index in [0.29, 0.717) is 5.92 Å². The molecule has 70 valence electrons. The summed E-state index contributed by atoms with van der Waals surface area (Å²) in [5, 5.41) is 0. The van der Waals surface area contributed by atoms with Gasteiger partial charge in [-0.25, -0.2) is 0 Å². The predicted octanol–water partition coefficient (Wildman–Crippen LogP) is 3.13. The molecule has 0 nitrogen and oxygen atoms in total. The summed E-state index contributed by atoms with van der Waals surface area (Å²) >= 11 is 0. The lowest BCUT2D eigenvalue weighted by Crippen LogP contribution is -2.08. The van der Waals surface area contributed by atoms with Crippen molar-refractivity contribution in [1.82, 2.24) is 0 Å². The zero-order valence-corrected chi connectivity index (χ0v) is 8.29. The number of hydrogen-bond donors (Lipinski definition) is 0. The number of fused-ring (bicyclic) bond motifs is 1. The molecule has 2 aliphatic rings. The molecule has 14 heavy (non-hydrogen) atoms. The molecule has 0 amide bonds. The Labute approximate surface area is 85.3 Å². The molecular formula is C14H14. The Morgan fingerprint density at radius 2 is 2.07 bits per heavy atom. The van der Waals surface area contributed by atoms with Crippen LogP contribution in [-0.2, 0) is 6.42 Å². The second-order valence-corrected chi connectivity index (χ2v) is 4.59. The van der Waals surface area contributed by atoms with Crippen molar-refractivity contribution in [2.24, 2.45) is 5.41 Å². The van der Waals surface area contributed by atoms with Gasteiger partial charge < -0.3 is 0 Å². The summed E-state index contributed by atoms with van der Waals surface area (Å²) < 4.78 is 0. The molecule has 0 bridgehead atoms. The maximum atomic E-state index is 5.66. The van der Waals surface area contributed by atoms with E-state index in [1.165, 1.54) is 36.8 Å². The zero-order valence-electron chi connectivity index (χ0n) is 8.29. The lowest BCUT2D eigenvalue weighted by Gasteiger charge is -2.17. The molecule has 1 unspecified atom stereocenters. The molecule has 0 aromatic heterocycles. The third-order valence-corrected chi connectivity index (χ3v) is 3.88. The van der Waals surface area contributed by atoms with Crippen LogP contribution in [0, 0.1) is 17.8 Å². The van der Waals surface area contributed by atoms with E-state index in [-0.39, 0.29) is 5.41 Å². The summed E-state index contributed by atoms with van der Waals surface area (Å²) in [6.07, 6.45) is 10.6. The van der Waals surface area contributed by atoms with Crippen LogP contribution in [0.5, 0.6) is 0 Å². The lowest BCUT2D eigenvalue weighted by molar-refractivity contribution is 0.505. The Bertz CT molecular complexity index is 404. The second-order valence-electron chi connectivity index (χ2n) is 4.59. The summed E-state index contributed by atoms with van der Waals surface area (Å²) in [6, 6.07) is 8.80. The van der Waals surface area contributed by atoms with Crippen molar-refractivity contribution in [2.75, 3.05) is 0 Å². The Hall–Kier alpha value is -1.22. The quantitative estimate of drug-likeness (QED) is 0.585. The SMILES string of the molecule is C#CC1(C2CCc3ccccc32)CC1. The van der Waals surface area contributed by atoms with E-state index in [1.54, 1.807) is 0 Å².